The molecule has 0 saturated carbocycles. The Bertz CT molecular complexity index is 1070. The van der Waals surface area contributed by atoms with Crippen molar-refractivity contribution in [2.45, 2.75) is 63.2 Å². The monoisotopic (exact) mass is 532 g/mol. The molecule has 2 aromatic rings. The van der Waals surface area contributed by atoms with Crippen molar-refractivity contribution in [1.82, 2.24) is 9.80 Å². The average molecular weight is 532 g/mol. The highest BCUT2D eigenvalue weighted by Crippen LogP contribution is 2.38. The van der Waals surface area contributed by atoms with Crippen molar-refractivity contribution in [2.24, 2.45) is 0 Å². The number of ether oxygens (including phenoxy) is 1. The van der Waals surface area contributed by atoms with Gasteiger partial charge in [-0.1, -0.05) is 37.3 Å². The molecule has 3 rings (SSSR count). The smallest absolute Gasteiger partial charge is 0.416 e. The lowest BCUT2D eigenvalue weighted by molar-refractivity contribution is -0.143. The molecule has 0 bridgehead atoms. The third-order valence-electron chi connectivity index (χ3n) is 6.50. The van der Waals surface area contributed by atoms with E-state index in [1.54, 1.807) is 37.3 Å². The Morgan fingerprint density at radius 1 is 1.00 bits per heavy atom. The van der Waals surface area contributed by atoms with Crippen molar-refractivity contribution in [3.63, 3.8) is 0 Å². The summed E-state index contributed by atoms with van der Waals surface area (Å²) in [7, 11) is 1.04. The summed E-state index contributed by atoms with van der Waals surface area (Å²) in [6.07, 6.45) is -11.6. The molecule has 1 aliphatic heterocycles. The van der Waals surface area contributed by atoms with Gasteiger partial charge in [0.1, 0.15) is 0 Å². The summed E-state index contributed by atoms with van der Waals surface area (Å²) in [5.41, 5.74) is -2.67. The van der Waals surface area contributed by atoms with Crippen LogP contribution in [0.3, 0.4) is 0 Å². The molecule has 3 atom stereocenters. The minimum Gasteiger partial charge on any atom is -0.465 e. The summed E-state index contributed by atoms with van der Waals surface area (Å²) in [5.74, 6) is 0. The van der Waals surface area contributed by atoms with Crippen LogP contribution < -0.4 is 0 Å². The van der Waals surface area contributed by atoms with Crippen LogP contribution in [0.2, 0.25) is 0 Å². The first kappa shape index (κ1) is 28.1. The first-order valence-corrected chi connectivity index (χ1v) is 11.4. The Labute approximate surface area is 209 Å². The van der Waals surface area contributed by atoms with E-state index in [0.29, 0.717) is 18.6 Å². The van der Waals surface area contributed by atoms with Crippen molar-refractivity contribution in [3.8, 4) is 0 Å². The van der Waals surface area contributed by atoms with E-state index in [0.717, 1.165) is 17.6 Å². The maximum Gasteiger partial charge on any atom is 0.416 e. The van der Waals surface area contributed by atoms with Crippen LogP contribution in [-0.2, 0) is 30.1 Å². The Balaban J connectivity index is 2.07. The van der Waals surface area contributed by atoms with Gasteiger partial charge in [-0.3, -0.25) is 9.80 Å². The highest BCUT2D eigenvalue weighted by molar-refractivity contribution is 5.70. The zero-order valence-electron chi connectivity index (χ0n) is 20.0. The molecule has 0 unspecified atom stereocenters. The summed E-state index contributed by atoms with van der Waals surface area (Å²) >= 11 is 0. The van der Waals surface area contributed by atoms with Crippen molar-refractivity contribution in [1.29, 1.82) is 0 Å². The predicted molar refractivity (Wildman–Crippen MR) is 121 cm³/mol. The fourth-order valence-electron chi connectivity index (χ4n) is 4.83. The topological polar surface area (TPSA) is 70.1 Å². The number of carbonyl (C=O) groups is 2. The number of hydrogen-bond acceptors (Lipinski definition) is 3. The van der Waals surface area contributed by atoms with Gasteiger partial charge in [0, 0.05) is 12.6 Å². The molecule has 1 heterocycles. The molecule has 202 valence electrons. The van der Waals surface area contributed by atoms with E-state index in [-0.39, 0.29) is 18.9 Å². The highest BCUT2D eigenvalue weighted by Gasteiger charge is 2.47. The molecule has 0 aromatic heterocycles. The Hall–Kier alpha value is -3.44. The van der Waals surface area contributed by atoms with Crippen molar-refractivity contribution in [2.75, 3.05) is 7.11 Å². The number of benzene rings is 2. The maximum absolute atomic E-state index is 13.4. The van der Waals surface area contributed by atoms with Gasteiger partial charge in [-0.05, 0) is 48.6 Å². The number of nitrogens with zero attached hydrogens (tertiary/aromatic N) is 2. The largest absolute Gasteiger partial charge is 0.465 e. The van der Waals surface area contributed by atoms with E-state index in [9.17, 15) is 41.0 Å². The second-order valence-corrected chi connectivity index (χ2v) is 8.82. The van der Waals surface area contributed by atoms with Crippen LogP contribution >= 0.6 is 0 Å². The molecule has 12 heteroatoms. The molecule has 2 aromatic carbocycles. The van der Waals surface area contributed by atoms with Gasteiger partial charge in [0.05, 0.1) is 30.3 Å². The minimum atomic E-state index is -5.05. The molecular weight excluding hydrogens is 506 g/mol. The number of carboxylic acid groups (broad SMARTS) is 1. The summed E-state index contributed by atoms with van der Waals surface area (Å²) in [4.78, 5) is 27.3. The van der Waals surface area contributed by atoms with E-state index in [1.165, 1.54) is 4.90 Å². The fraction of sp³-hybridized carbons (Fsp3) is 0.440. The maximum atomic E-state index is 13.4. The molecule has 1 N–H and O–H groups in total. The lowest BCUT2D eigenvalue weighted by atomic mass is 9.97. The van der Waals surface area contributed by atoms with Crippen molar-refractivity contribution in [3.05, 3.63) is 70.8 Å². The van der Waals surface area contributed by atoms with Crippen molar-refractivity contribution < 1.29 is 45.8 Å². The lowest BCUT2D eigenvalue weighted by Gasteiger charge is -2.34. The zero-order chi connectivity index (χ0) is 27.5. The third-order valence-corrected chi connectivity index (χ3v) is 6.50. The standard InChI is InChI=1S/C25H26F6N2O4/c1-3-19-13-20(21(33(19)22(34)35)11-15-7-5-4-6-8-15)32(23(36)37-2)14-16-9-17(24(26,27)28)12-18(10-16)25(29,30)31/h4-10,12,19-21H,3,11,13-14H2,1-2H3,(H,34,35)/t19-,20+,21+/m1/s1. The Morgan fingerprint density at radius 3 is 2.03 bits per heavy atom. The number of amides is 2. The van der Waals surface area contributed by atoms with Gasteiger partial charge in [0.2, 0.25) is 0 Å². The predicted octanol–water partition coefficient (Wildman–Crippen LogP) is 6.43. The van der Waals surface area contributed by atoms with Crippen LogP contribution in [-0.4, -0.2) is 52.3 Å². The van der Waals surface area contributed by atoms with Gasteiger partial charge in [0.25, 0.3) is 0 Å². The summed E-state index contributed by atoms with van der Waals surface area (Å²) in [5, 5.41) is 9.94. The van der Waals surface area contributed by atoms with Crippen LogP contribution in [0.1, 0.15) is 42.0 Å². The van der Waals surface area contributed by atoms with Crippen LogP contribution in [0.25, 0.3) is 0 Å². The van der Waals surface area contributed by atoms with E-state index in [2.05, 4.69) is 0 Å². The van der Waals surface area contributed by atoms with E-state index in [4.69, 9.17) is 4.74 Å². The minimum absolute atomic E-state index is 0.0129. The molecule has 0 aliphatic carbocycles. The number of methoxy groups -OCH3 is 1. The molecule has 1 fully saturated rings. The first-order chi connectivity index (χ1) is 17.3. The second-order valence-electron chi connectivity index (χ2n) is 8.82. The lowest BCUT2D eigenvalue weighted by Crippen LogP contribution is -2.50. The highest BCUT2D eigenvalue weighted by atomic mass is 19.4. The molecular formula is C25H26F6N2O4. The molecule has 6 nitrogen and oxygen atoms in total. The van der Waals surface area contributed by atoms with Gasteiger partial charge >= 0.3 is 24.5 Å². The molecule has 2 amide bonds. The Kier molecular flexibility index (Phi) is 8.28. The van der Waals surface area contributed by atoms with Gasteiger partial charge in [-0.2, -0.15) is 26.3 Å². The van der Waals surface area contributed by atoms with Crippen LogP contribution in [0, 0.1) is 0 Å². The number of hydrogen-bond donors (Lipinski definition) is 1. The molecule has 37 heavy (non-hydrogen) atoms. The summed E-state index contributed by atoms with van der Waals surface area (Å²) in [6.45, 7) is 1.12. The zero-order valence-corrected chi connectivity index (χ0v) is 20.0. The van der Waals surface area contributed by atoms with E-state index < -0.39 is 65.9 Å². The number of carbonyl (C=O) groups excluding carboxylic acids is 1. The summed E-state index contributed by atoms with van der Waals surface area (Å²) < 4.78 is 85.2. The van der Waals surface area contributed by atoms with Crippen LogP contribution in [0.4, 0.5) is 35.9 Å². The number of alkyl halides is 6. The summed E-state index contributed by atoms with van der Waals surface area (Å²) in [6, 6.07) is 7.73. The number of halogens is 6. The van der Waals surface area contributed by atoms with E-state index in [1.807, 2.05) is 0 Å². The molecule has 0 spiro atoms. The van der Waals surface area contributed by atoms with Gasteiger partial charge in [-0.25, -0.2) is 9.59 Å². The SMILES string of the molecule is CC[C@@H]1C[C@H](N(Cc2cc(C(F)(F)F)cc(C(F)(F)F)c2)C(=O)OC)[C@H](Cc2ccccc2)N1C(=O)O. The van der Waals surface area contributed by atoms with Gasteiger partial charge < -0.3 is 9.84 Å². The van der Waals surface area contributed by atoms with E-state index >= 15 is 0 Å². The van der Waals surface area contributed by atoms with Gasteiger partial charge in [0.15, 0.2) is 0 Å². The average Bonchev–Trinajstić information content (AvgIpc) is 3.19. The number of likely N-dealkylation sites (tertiary alicyclic amines) is 1. The quantitative estimate of drug-likeness (QED) is 0.435. The van der Waals surface area contributed by atoms with Gasteiger partial charge in [-0.15, -0.1) is 0 Å². The fourth-order valence-corrected chi connectivity index (χ4v) is 4.83. The molecule has 0 radical (unpaired) electrons. The number of rotatable bonds is 6. The van der Waals surface area contributed by atoms with Crippen molar-refractivity contribution >= 4 is 12.2 Å². The Morgan fingerprint density at radius 2 is 1.57 bits per heavy atom. The second kappa shape index (κ2) is 10.9. The van der Waals surface area contributed by atoms with Crippen LogP contribution in [0.15, 0.2) is 48.5 Å². The van der Waals surface area contributed by atoms with Crippen LogP contribution in [0.5, 0.6) is 0 Å². The normalized spacial score (nSPS) is 20.1. The first-order valence-electron chi connectivity index (χ1n) is 11.4. The molecule has 1 saturated heterocycles. The third kappa shape index (κ3) is 6.47. The molecule has 1 aliphatic rings.